The lowest BCUT2D eigenvalue weighted by Gasteiger charge is -1.95. The Morgan fingerprint density at radius 1 is 1.55 bits per heavy atom. The Kier molecular flexibility index (Phi) is 4.45. The van der Waals surface area contributed by atoms with Crippen molar-refractivity contribution in [1.82, 2.24) is 9.97 Å². The summed E-state index contributed by atoms with van der Waals surface area (Å²) in [6.45, 7) is 2.44. The maximum absolute atomic E-state index is 8.69. The normalized spacial score (nSPS) is 20.5. The van der Waals surface area contributed by atoms with E-state index in [0.29, 0.717) is 12.3 Å². The molecule has 22 heavy (non-hydrogen) atoms. The molecule has 3 rings (SSSR count). The third kappa shape index (κ3) is 3.32. The van der Waals surface area contributed by atoms with E-state index in [4.69, 9.17) is 15.0 Å². The molecule has 2 atom stereocenters. The maximum atomic E-state index is 8.69. The molecule has 0 aliphatic carbocycles. The quantitative estimate of drug-likeness (QED) is 0.352. The lowest BCUT2D eigenvalue weighted by molar-refractivity contribution is 0.0593. The number of thiazole rings is 1. The van der Waals surface area contributed by atoms with Crippen molar-refractivity contribution in [3.63, 3.8) is 0 Å². The molecule has 112 valence electrons. The van der Waals surface area contributed by atoms with Gasteiger partial charge >= 0.3 is 0 Å². The molecule has 1 saturated heterocycles. The van der Waals surface area contributed by atoms with Crippen molar-refractivity contribution >= 4 is 17.4 Å². The van der Waals surface area contributed by atoms with E-state index >= 15 is 0 Å². The van der Waals surface area contributed by atoms with Crippen LogP contribution in [0.3, 0.4) is 0 Å². The van der Waals surface area contributed by atoms with Gasteiger partial charge in [-0.05, 0) is 30.7 Å². The first kappa shape index (κ1) is 14.7. The Balaban J connectivity index is 1.81. The molecule has 0 radical (unpaired) electrons. The molecule has 3 heterocycles. The number of aromatic nitrogens is 2. The van der Waals surface area contributed by atoms with Crippen molar-refractivity contribution in [3.8, 4) is 10.6 Å². The highest BCUT2D eigenvalue weighted by molar-refractivity contribution is 7.15. The minimum atomic E-state index is -0.325. The number of pyridine rings is 1. The molecule has 2 aromatic heterocycles. The van der Waals surface area contributed by atoms with Gasteiger partial charge in [0, 0.05) is 40.5 Å². The minimum Gasteiger partial charge on any atom is -0.350 e. The fourth-order valence-corrected chi connectivity index (χ4v) is 2.81. The van der Waals surface area contributed by atoms with Crippen LogP contribution in [0, 0.1) is 0 Å². The summed E-state index contributed by atoms with van der Waals surface area (Å²) in [5.74, 6) is 0. The lowest BCUT2D eigenvalue weighted by Crippen LogP contribution is -2.00. The first-order chi connectivity index (χ1) is 10.8. The highest BCUT2D eigenvalue weighted by Gasteiger charge is 2.42. The number of epoxide rings is 1. The molecule has 0 saturated carbocycles. The van der Waals surface area contributed by atoms with Gasteiger partial charge in [-0.2, -0.15) is 0 Å². The van der Waals surface area contributed by atoms with E-state index in [2.05, 4.69) is 20.0 Å². The lowest BCUT2D eigenvalue weighted by atomic mass is 10.3. The summed E-state index contributed by atoms with van der Waals surface area (Å²) in [5, 5.41) is 4.58. The van der Waals surface area contributed by atoms with Crippen LogP contribution in [0.15, 0.2) is 41.5 Å². The fourth-order valence-electron chi connectivity index (χ4n) is 1.95. The predicted octanol–water partition coefficient (Wildman–Crippen LogP) is 3.62. The van der Waals surface area contributed by atoms with Crippen LogP contribution < -0.4 is 0 Å². The van der Waals surface area contributed by atoms with Gasteiger partial charge in [-0.3, -0.25) is 4.98 Å². The zero-order chi connectivity index (χ0) is 15.4. The Labute approximate surface area is 130 Å². The molecule has 2 unspecified atom stereocenters. The largest absolute Gasteiger partial charge is 0.350 e. The summed E-state index contributed by atoms with van der Waals surface area (Å²) in [6, 6.07) is 3.80. The minimum absolute atomic E-state index is 0.303. The predicted molar refractivity (Wildman–Crippen MR) is 82.8 cm³/mol. The molecule has 8 heteroatoms. The summed E-state index contributed by atoms with van der Waals surface area (Å²) < 4.78 is 10.7. The van der Waals surface area contributed by atoms with Gasteiger partial charge in [0.1, 0.15) is 11.1 Å². The number of rotatable bonds is 6. The van der Waals surface area contributed by atoms with Crippen LogP contribution in [0.2, 0.25) is 0 Å². The van der Waals surface area contributed by atoms with E-state index in [9.17, 15) is 0 Å². The molecule has 1 aliphatic rings. The summed E-state index contributed by atoms with van der Waals surface area (Å²) in [7, 11) is 0. The van der Waals surface area contributed by atoms with Gasteiger partial charge < -0.3 is 9.47 Å². The number of hydrogen-bond acceptors (Lipinski definition) is 6. The standard InChI is InChI=1S/C14H13N5O2S/c1-2-20-14-12(21-14)11(18-19-15)7-10-8-17-13(22-10)9-3-5-16-6-4-9/h3-8,12,14H,2H2,1H3/b11-7-. The summed E-state index contributed by atoms with van der Waals surface area (Å²) >= 11 is 1.50. The second-order valence-corrected chi connectivity index (χ2v) is 5.50. The maximum Gasteiger partial charge on any atom is 0.188 e. The average Bonchev–Trinajstić information content (AvgIpc) is 3.15. The van der Waals surface area contributed by atoms with Crippen LogP contribution in [0.5, 0.6) is 0 Å². The molecule has 2 aromatic rings. The fraction of sp³-hybridized carbons (Fsp3) is 0.286. The van der Waals surface area contributed by atoms with Crippen LogP contribution in [0.4, 0.5) is 0 Å². The van der Waals surface area contributed by atoms with Gasteiger partial charge in [0.2, 0.25) is 0 Å². The number of hydrogen-bond donors (Lipinski definition) is 0. The smallest absolute Gasteiger partial charge is 0.188 e. The van der Waals surface area contributed by atoms with Crippen molar-refractivity contribution in [3.05, 3.63) is 51.7 Å². The Morgan fingerprint density at radius 2 is 2.36 bits per heavy atom. The highest BCUT2D eigenvalue weighted by atomic mass is 32.1. The monoisotopic (exact) mass is 315 g/mol. The van der Waals surface area contributed by atoms with Crippen molar-refractivity contribution < 1.29 is 9.47 Å². The number of ether oxygens (including phenoxy) is 2. The van der Waals surface area contributed by atoms with E-state index in [1.54, 1.807) is 24.7 Å². The molecule has 0 amide bonds. The van der Waals surface area contributed by atoms with Crippen LogP contribution >= 0.6 is 11.3 Å². The highest BCUT2D eigenvalue weighted by Crippen LogP contribution is 2.34. The van der Waals surface area contributed by atoms with Crippen molar-refractivity contribution in [2.24, 2.45) is 5.11 Å². The second-order valence-electron chi connectivity index (χ2n) is 4.44. The van der Waals surface area contributed by atoms with Gasteiger partial charge in [0.05, 0.1) is 5.70 Å². The zero-order valence-electron chi connectivity index (χ0n) is 11.8. The first-order valence-corrected chi connectivity index (χ1v) is 7.53. The number of nitrogens with zero attached hydrogens (tertiary/aromatic N) is 5. The zero-order valence-corrected chi connectivity index (χ0v) is 12.6. The van der Waals surface area contributed by atoms with Crippen LogP contribution in [0.25, 0.3) is 27.1 Å². The van der Waals surface area contributed by atoms with E-state index in [1.165, 1.54) is 11.3 Å². The van der Waals surface area contributed by atoms with Crippen LogP contribution in [-0.2, 0) is 9.47 Å². The van der Waals surface area contributed by atoms with Gasteiger partial charge in [-0.1, -0.05) is 5.11 Å². The summed E-state index contributed by atoms with van der Waals surface area (Å²) in [6.07, 6.45) is 6.35. The molecule has 1 fully saturated rings. The molecular formula is C14H13N5O2S. The van der Waals surface area contributed by atoms with Gasteiger partial charge in [0.15, 0.2) is 6.29 Å². The Bertz CT molecular complexity index is 724. The van der Waals surface area contributed by atoms with Crippen molar-refractivity contribution in [1.29, 1.82) is 0 Å². The Morgan fingerprint density at radius 3 is 3.09 bits per heavy atom. The SMILES string of the molecule is CCOC1OC1/C(=C/c1cnc(-c2ccncc2)s1)N=[N+]=[N-]. The average molecular weight is 315 g/mol. The van der Waals surface area contributed by atoms with Crippen LogP contribution in [0.1, 0.15) is 11.8 Å². The third-order valence-electron chi connectivity index (χ3n) is 2.97. The van der Waals surface area contributed by atoms with E-state index in [1.807, 2.05) is 19.1 Å². The molecule has 0 spiro atoms. The van der Waals surface area contributed by atoms with Crippen molar-refractivity contribution in [2.75, 3.05) is 6.61 Å². The van der Waals surface area contributed by atoms with Gasteiger partial charge in [-0.25, -0.2) is 4.98 Å². The summed E-state index contributed by atoms with van der Waals surface area (Å²) in [5.41, 5.74) is 10.2. The first-order valence-electron chi connectivity index (χ1n) is 6.71. The molecule has 0 N–H and O–H groups in total. The molecular weight excluding hydrogens is 302 g/mol. The van der Waals surface area contributed by atoms with E-state index in [-0.39, 0.29) is 12.4 Å². The summed E-state index contributed by atoms with van der Waals surface area (Å²) in [4.78, 5) is 12.1. The molecule has 0 bridgehead atoms. The van der Waals surface area contributed by atoms with Gasteiger partial charge in [-0.15, -0.1) is 11.3 Å². The molecule has 7 nitrogen and oxygen atoms in total. The third-order valence-corrected chi connectivity index (χ3v) is 3.97. The molecule has 0 aromatic carbocycles. The van der Waals surface area contributed by atoms with Crippen molar-refractivity contribution in [2.45, 2.75) is 19.3 Å². The number of azide groups is 1. The Hall–Kier alpha value is -2.25. The van der Waals surface area contributed by atoms with Crippen LogP contribution in [-0.4, -0.2) is 29.0 Å². The molecule has 1 aliphatic heterocycles. The second kappa shape index (κ2) is 6.67. The van der Waals surface area contributed by atoms with E-state index < -0.39 is 0 Å². The van der Waals surface area contributed by atoms with E-state index in [0.717, 1.165) is 15.4 Å². The van der Waals surface area contributed by atoms with Gasteiger partial charge in [0.25, 0.3) is 0 Å². The topological polar surface area (TPSA) is 96.3 Å².